The molecule has 17 heavy (non-hydrogen) atoms. The highest BCUT2D eigenvalue weighted by atomic mass is 28.4. The molecule has 0 unspecified atom stereocenters. The van der Waals surface area contributed by atoms with Crippen LogP contribution < -0.4 is 4.43 Å². The summed E-state index contributed by atoms with van der Waals surface area (Å²) >= 11 is 0. The van der Waals surface area contributed by atoms with E-state index < -0.39 is 8.32 Å². The Labute approximate surface area is 103 Å². The van der Waals surface area contributed by atoms with Gasteiger partial charge in [0.1, 0.15) is 5.75 Å². The Morgan fingerprint density at radius 2 is 1.88 bits per heavy atom. The Morgan fingerprint density at radius 3 is 2.35 bits per heavy atom. The van der Waals surface area contributed by atoms with Gasteiger partial charge in [0.25, 0.3) is 8.32 Å². The highest BCUT2D eigenvalue weighted by Crippen LogP contribution is 2.40. The zero-order valence-corrected chi connectivity index (χ0v) is 12.0. The molecule has 1 aromatic rings. The largest absolute Gasteiger partial charge is 0.541 e. The number of phenols is 1. The molecule has 4 nitrogen and oxygen atoms in total. The van der Waals surface area contributed by atoms with Crippen molar-refractivity contribution in [2.45, 2.75) is 38.9 Å². The maximum Gasteiger partial charge on any atom is 0.250 e. The van der Waals surface area contributed by atoms with Crippen molar-refractivity contribution < 1.29 is 9.53 Å². The lowest BCUT2D eigenvalue weighted by atomic mass is 10.2. The number of nitrogens with one attached hydrogen (secondary N) is 1. The first-order valence-corrected chi connectivity index (χ1v) is 8.48. The predicted molar refractivity (Wildman–Crippen MR) is 70.7 cm³/mol. The fourth-order valence-corrected chi connectivity index (χ4v) is 2.10. The number of nitrogens with zero attached hydrogens (tertiary/aromatic N) is 1. The maximum absolute atomic E-state index is 9.75. The summed E-state index contributed by atoms with van der Waals surface area (Å²) in [4.78, 5) is 0. The van der Waals surface area contributed by atoms with Gasteiger partial charge in [-0.3, -0.25) is 0 Å². The number of benzene rings is 1. The first-order chi connectivity index (χ1) is 7.67. The van der Waals surface area contributed by atoms with Crippen molar-refractivity contribution in [3.63, 3.8) is 0 Å². The van der Waals surface area contributed by atoms with Gasteiger partial charge in [-0.1, -0.05) is 20.8 Å². The third-order valence-corrected chi connectivity index (χ3v) is 7.59. The number of hydrogen-bond donors (Lipinski definition) is 2. The van der Waals surface area contributed by atoms with E-state index in [0.717, 1.165) is 0 Å². The molecule has 0 saturated carbocycles. The normalized spacial score (nSPS) is 12.3. The van der Waals surface area contributed by atoms with Gasteiger partial charge in [-0.25, -0.2) is 5.53 Å². The molecule has 94 valence electrons. The van der Waals surface area contributed by atoms with Crippen molar-refractivity contribution in [1.29, 1.82) is 5.53 Å². The van der Waals surface area contributed by atoms with Crippen LogP contribution in [0.3, 0.4) is 0 Å². The van der Waals surface area contributed by atoms with Crippen LogP contribution in [0.2, 0.25) is 18.1 Å². The van der Waals surface area contributed by atoms with Gasteiger partial charge in [-0.2, -0.15) is 5.11 Å². The summed E-state index contributed by atoms with van der Waals surface area (Å²) in [6.45, 7) is 10.6. The molecule has 0 aromatic heterocycles. The van der Waals surface area contributed by atoms with E-state index in [0.29, 0.717) is 11.4 Å². The molecule has 0 spiro atoms. The van der Waals surface area contributed by atoms with Crippen LogP contribution in [0.4, 0.5) is 5.69 Å². The summed E-state index contributed by atoms with van der Waals surface area (Å²) in [6, 6.07) is 4.69. The van der Waals surface area contributed by atoms with Gasteiger partial charge in [0.05, 0.1) is 5.69 Å². The average molecular weight is 252 g/mol. The molecule has 0 heterocycles. The van der Waals surface area contributed by atoms with E-state index >= 15 is 0 Å². The van der Waals surface area contributed by atoms with Crippen molar-refractivity contribution in [1.82, 2.24) is 0 Å². The molecule has 0 fully saturated rings. The van der Waals surface area contributed by atoms with Gasteiger partial charge in [-0.05, 0) is 30.3 Å². The molecule has 0 saturated heterocycles. The smallest absolute Gasteiger partial charge is 0.250 e. The van der Waals surface area contributed by atoms with E-state index in [1.54, 1.807) is 12.1 Å². The molecule has 0 amide bonds. The highest BCUT2D eigenvalue weighted by Gasteiger charge is 2.39. The van der Waals surface area contributed by atoms with Crippen LogP contribution in [0.5, 0.6) is 11.5 Å². The van der Waals surface area contributed by atoms with Crippen molar-refractivity contribution in [2.75, 3.05) is 0 Å². The zero-order chi connectivity index (χ0) is 13.3. The summed E-state index contributed by atoms with van der Waals surface area (Å²) in [5.41, 5.74) is 7.45. The van der Waals surface area contributed by atoms with Crippen molar-refractivity contribution in [3.8, 4) is 11.5 Å². The summed E-state index contributed by atoms with van der Waals surface area (Å²) in [6.07, 6.45) is 0. The van der Waals surface area contributed by atoms with Gasteiger partial charge < -0.3 is 9.53 Å². The van der Waals surface area contributed by atoms with E-state index in [9.17, 15) is 5.11 Å². The Bertz CT molecular complexity index is 425. The van der Waals surface area contributed by atoms with E-state index in [1.807, 2.05) is 0 Å². The molecule has 0 radical (unpaired) electrons. The first-order valence-electron chi connectivity index (χ1n) is 5.57. The van der Waals surface area contributed by atoms with E-state index in [1.165, 1.54) is 6.07 Å². The lowest BCUT2D eigenvalue weighted by Gasteiger charge is -2.36. The van der Waals surface area contributed by atoms with Gasteiger partial charge in [0, 0.05) is 6.07 Å². The second kappa shape index (κ2) is 4.48. The maximum atomic E-state index is 9.75. The number of aromatic hydroxyl groups is 1. The molecular formula is C12H20N2O2Si. The standard InChI is InChI=1S/C12H20N2O2Si/c1-12(2,3)17(4,5)16-11-8-9(14-13)6-7-10(11)15/h6-8,13,15H,1-5H3. The quantitative estimate of drug-likeness (QED) is 0.617. The monoisotopic (exact) mass is 252 g/mol. The summed E-state index contributed by atoms with van der Waals surface area (Å²) < 4.78 is 5.99. The summed E-state index contributed by atoms with van der Waals surface area (Å²) in [5, 5.41) is 13.2. The topological polar surface area (TPSA) is 65.7 Å². The first kappa shape index (κ1) is 13.7. The van der Waals surface area contributed by atoms with Crippen molar-refractivity contribution >= 4 is 14.0 Å². The van der Waals surface area contributed by atoms with Gasteiger partial charge in [0.15, 0.2) is 5.75 Å². The molecule has 1 rings (SSSR count). The fraction of sp³-hybridized carbons (Fsp3) is 0.500. The van der Waals surface area contributed by atoms with E-state index in [2.05, 4.69) is 39.0 Å². The molecule has 0 aliphatic rings. The number of hydrogen-bond acceptors (Lipinski definition) is 4. The van der Waals surface area contributed by atoms with Gasteiger partial charge in [0.2, 0.25) is 0 Å². The minimum Gasteiger partial charge on any atom is -0.541 e. The lowest BCUT2D eigenvalue weighted by Crippen LogP contribution is -2.43. The lowest BCUT2D eigenvalue weighted by molar-refractivity contribution is 0.422. The van der Waals surface area contributed by atoms with Gasteiger partial charge >= 0.3 is 0 Å². The molecular weight excluding hydrogens is 232 g/mol. The van der Waals surface area contributed by atoms with Crippen LogP contribution in [0.1, 0.15) is 20.8 Å². The van der Waals surface area contributed by atoms with E-state index in [-0.39, 0.29) is 10.8 Å². The number of rotatable bonds is 3. The van der Waals surface area contributed by atoms with Gasteiger partial charge in [-0.15, -0.1) is 0 Å². The van der Waals surface area contributed by atoms with Crippen molar-refractivity contribution in [2.24, 2.45) is 5.11 Å². The minimum atomic E-state index is -1.98. The predicted octanol–water partition coefficient (Wildman–Crippen LogP) is 4.44. The second-order valence-corrected chi connectivity index (χ2v) is 10.4. The minimum absolute atomic E-state index is 0.0630. The fourth-order valence-electron chi connectivity index (χ4n) is 1.08. The van der Waals surface area contributed by atoms with E-state index in [4.69, 9.17) is 9.96 Å². The van der Waals surface area contributed by atoms with Crippen LogP contribution in [0, 0.1) is 5.53 Å². The molecule has 0 aliphatic carbocycles. The summed E-state index contributed by atoms with van der Waals surface area (Å²) in [5.74, 6) is 0.521. The molecule has 2 N–H and O–H groups in total. The van der Waals surface area contributed by atoms with Crippen LogP contribution in [0.25, 0.3) is 0 Å². The molecule has 0 bridgehead atoms. The average Bonchev–Trinajstić information content (AvgIpc) is 2.19. The third kappa shape index (κ3) is 3.06. The summed E-state index contributed by atoms with van der Waals surface area (Å²) in [7, 11) is -1.98. The van der Waals surface area contributed by atoms with Crippen LogP contribution >= 0.6 is 0 Å². The molecule has 1 aromatic carbocycles. The van der Waals surface area contributed by atoms with Crippen LogP contribution in [0.15, 0.2) is 23.3 Å². The Morgan fingerprint density at radius 1 is 1.29 bits per heavy atom. The Balaban J connectivity index is 3.06. The van der Waals surface area contributed by atoms with Crippen LogP contribution in [-0.4, -0.2) is 13.4 Å². The molecule has 0 atom stereocenters. The molecule has 5 heteroatoms. The number of phenolic OH excluding ortho intramolecular Hbond substituents is 1. The Kier molecular flexibility index (Phi) is 3.61. The SMILES string of the molecule is CC(C)(C)[Si](C)(C)Oc1cc(N=N)ccc1O. The highest BCUT2D eigenvalue weighted by molar-refractivity contribution is 6.74. The van der Waals surface area contributed by atoms with Crippen LogP contribution in [-0.2, 0) is 0 Å². The third-order valence-electron chi connectivity index (χ3n) is 3.24. The molecule has 0 aliphatic heterocycles. The zero-order valence-electron chi connectivity index (χ0n) is 11.0. The second-order valence-electron chi connectivity index (χ2n) is 5.63. The Hall–Kier alpha value is -1.36. The van der Waals surface area contributed by atoms with Crippen molar-refractivity contribution in [3.05, 3.63) is 18.2 Å².